The SMILES string of the molecule is Cc1cccc(S(=O)(=O)Nc2nc(C)cc(Cl)n2)c1. The summed E-state index contributed by atoms with van der Waals surface area (Å²) in [6.45, 7) is 3.52. The Morgan fingerprint density at radius 1 is 1.16 bits per heavy atom. The van der Waals surface area contributed by atoms with Crippen molar-refractivity contribution < 1.29 is 8.42 Å². The van der Waals surface area contributed by atoms with E-state index in [9.17, 15) is 8.42 Å². The number of rotatable bonds is 3. The summed E-state index contributed by atoms with van der Waals surface area (Å²) in [6.07, 6.45) is 0. The largest absolute Gasteiger partial charge is 0.264 e. The zero-order chi connectivity index (χ0) is 14.0. The van der Waals surface area contributed by atoms with Gasteiger partial charge in [0, 0.05) is 5.69 Å². The van der Waals surface area contributed by atoms with Gasteiger partial charge in [0.05, 0.1) is 4.90 Å². The minimum absolute atomic E-state index is 0.0356. The Bertz CT molecular complexity index is 696. The van der Waals surface area contributed by atoms with Crippen LogP contribution in [0.15, 0.2) is 35.2 Å². The van der Waals surface area contributed by atoms with Crippen LogP contribution in [-0.4, -0.2) is 18.4 Å². The highest BCUT2D eigenvalue weighted by Gasteiger charge is 2.16. The molecule has 0 aliphatic carbocycles. The molecule has 1 heterocycles. The van der Waals surface area contributed by atoms with Gasteiger partial charge in [0.25, 0.3) is 10.0 Å². The summed E-state index contributed by atoms with van der Waals surface area (Å²) in [7, 11) is -3.70. The number of benzene rings is 1. The zero-order valence-corrected chi connectivity index (χ0v) is 12.0. The van der Waals surface area contributed by atoms with E-state index in [1.165, 1.54) is 6.07 Å². The van der Waals surface area contributed by atoms with Crippen LogP contribution in [0.3, 0.4) is 0 Å². The first-order valence-electron chi connectivity index (χ1n) is 5.47. The molecule has 0 saturated carbocycles. The van der Waals surface area contributed by atoms with Crippen LogP contribution < -0.4 is 4.72 Å². The molecular weight excluding hydrogens is 286 g/mol. The minimum atomic E-state index is -3.70. The van der Waals surface area contributed by atoms with Gasteiger partial charge < -0.3 is 0 Å². The Morgan fingerprint density at radius 3 is 2.53 bits per heavy atom. The lowest BCUT2D eigenvalue weighted by atomic mass is 10.2. The second-order valence-corrected chi connectivity index (χ2v) is 6.15. The molecule has 19 heavy (non-hydrogen) atoms. The minimum Gasteiger partial charge on any atom is -0.247 e. The Balaban J connectivity index is 2.36. The molecule has 2 aromatic rings. The lowest BCUT2D eigenvalue weighted by Gasteiger charge is -2.07. The molecule has 0 atom stereocenters. The summed E-state index contributed by atoms with van der Waals surface area (Å²) >= 11 is 5.76. The molecule has 0 radical (unpaired) electrons. The third-order valence-electron chi connectivity index (χ3n) is 2.35. The molecule has 0 bridgehead atoms. The molecule has 1 aromatic heterocycles. The Morgan fingerprint density at radius 2 is 1.89 bits per heavy atom. The van der Waals surface area contributed by atoms with Crippen molar-refractivity contribution >= 4 is 27.6 Å². The van der Waals surface area contributed by atoms with Crippen LogP contribution >= 0.6 is 11.6 Å². The Labute approximate surface area is 116 Å². The van der Waals surface area contributed by atoms with E-state index in [1.54, 1.807) is 25.1 Å². The predicted molar refractivity (Wildman–Crippen MR) is 73.8 cm³/mol. The molecule has 7 heteroatoms. The van der Waals surface area contributed by atoms with Crippen LogP contribution in [0.5, 0.6) is 0 Å². The molecule has 1 N–H and O–H groups in total. The lowest BCUT2D eigenvalue weighted by molar-refractivity contribution is 0.600. The van der Waals surface area contributed by atoms with Crippen LogP contribution in [0.2, 0.25) is 5.15 Å². The van der Waals surface area contributed by atoms with E-state index in [-0.39, 0.29) is 16.0 Å². The van der Waals surface area contributed by atoms with Crippen molar-refractivity contribution in [2.75, 3.05) is 4.72 Å². The maximum Gasteiger partial charge on any atom is 0.264 e. The van der Waals surface area contributed by atoms with Gasteiger partial charge in [0.1, 0.15) is 5.15 Å². The third-order valence-corrected chi connectivity index (χ3v) is 3.87. The highest BCUT2D eigenvalue weighted by Crippen LogP contribution is 2.16. The smallest absolute Gasteiger partial charge is 0.247 e. The second-order valence-electron chi connectivity index (χ2n) is 4.08. The number of sulfonamides is 1. The molecular formula is C12H12ClN3O2S. The standard InChI is InChI=1S/C12H12ClN3O2S/c1-8-4-3-5-10(6-8)19(17,18)16-12-14-9(2)7-11(13)15-12/h3-7H,1-2H3,(H,14,15,16). The highest BCUT2D eigenvalue weighted by molar-refractivity contribution is 7.92. The van der Waals surface area contributed by atoms with Crippen LogP contribution in [0.4, 0.5) is 5.95 Å². The quantitative estimate of drug-likeness (QED) is 0.884. The van der Waals surface area contributed by atoms with Gasteiger partial charge in [-0.1, -0.05) is 23.7 Å². The van der Waals surface area contributed by atoms with E-state index in [0.717, 1.165) is 5.56 Å². The average Bonchev–Trinajstić information content (AvgIpc) is 2.26. The summed E-state index contributed by atoms with van der Waals surface area (Å²) in [5.41, 5.74) is 1.44. The monoisotopic (exact) mass is 297 g/mol. The van der Waals surface area contributed by atoms with Gasteiger partial charge in [-0.05, 0) is 37.6 Å². The molecule has 100 valence electrons. The normalized spacial score (nSPS) is 11.3. The van der Waals surface area contributed by atoms with Gasteiger partial charge in [-0.15, -0.1) is 0 Å². The first-order valence-corrected chi connectivity index (χ1v) is 7.33. The van der Waals surface area contributed by atoms with Gasteiger partial charge >= 0.3 is 0 Å². The van der Waals surface area contributed by atoms with Crippen LogP contribution in [-0.2, 0) is 10.0 Å². The fraction of sp³-hybridized carbons (Fsp3) is 0.167. The van der Waals surface area contributed by atoms with Crippen molar-refractivity contribution in [3.05, 3.63) is 46.7 Å². The van der Waals surface area contributed by atoms with Crippen molar-refractivity contribution in [3.63, 3.8) is 0 Å². The molecule has 0 amide bonds. The van der Waals surface area contributed by atoms with Crippen molar-refractivity contribution in [3.8, 4) is 0 Å². The van der Waals surface area contributed by atoms with Gasteiger partial charge in [-0.25, -0.2) is 23.1 Å². The van der Waals surface area contributed by atoms with Crippen molar-refractivity contribution in [2.24, 2.45) is 0 Å². The number of hydrogen-bond donors (Lipinski definition) is 1. The molecule has 0 aliphatic heterocycles. The fourth-order valence-electron chi connectivity index (χ4n) is 1.54. The predicted octanol–water partition coefficient (Wildman–Crippen LogP) is 2.55. The lowest BCUT2D eigenvalue weighted by Crippen LogP contribution is -2.15. The summed E-state index contributed by atoms with van der Waals surface area (Å²) in [4.78, 5) is 7.97. The van der Waals surface area contributed by atoms with Gasteiger partial charge in [-0.3, -0.25) is 0 Å². The van der Waals surface area contributed by atoms with Crippen LogP contribution in [0.1, 0.15) is 11.3 Å². The first-order chi connectivity index (χ1) is 8.87. The zero-order valence-electron chi connectivity index (χ0n) is 10.4. The molecule has 0 saturated heterocycles. The van der Waals surface area contributed by atoms with E-state index in [4.69, 9.17) is 11.6 Å². The number of aromatic nitrogens is 2. The molecule has 1 aromatic carbocycles. The molecule has 0 spiro atoms. The third kappa shape index (κ3) is 3.42. The summed E-state index contributed by atoms with van der Waals surface area (Å²) < 4.78 is 26.6. The summed E-state index contributed by atoms with van der Waals surface area (Å²) in [6, 6.07) is 8.12. The average molecular weight is 298 g/mol. The Kier molecular flexibility index (Phi) is 3.73. The van der Waals surface area contributed by atoms with E-state index in [2.05, 4.69) is 14.7 Å². The topological polar surface area (TPSA) is 72.0 Å². The number of nitrogens with zero attached hydrogens (tertiary/aromatic N) is 2. The number of aryl methyl sites for hydroxylation is 2. The van der Waals surface area contributed by atoms with E-state index >= 15 is 0 Å². The second kappa shape index (κ2) is 5.14. The van der Waals surface area contributed by atoms with E-state index < -0.39 is 10.0 Å². The van der Waals surface area contributed by atoms with Crippen LogP contribution in [0, 0.1) is 13.8 Å². The maximum atomic E-state index is 12.1. The number of halogens is 1. The first kappa shape index (κ1) is 13.8. The number of hydrogen-bond acceptors (Lipinski definition) is 4. The van der Waals surface area contributed by atoms with Crippen molar-refractivity contribution in [1.29, 1.82) is 0 Å². The molecule has 2 rings (SSSR count). The summed E-state index contributed by atoms with van der Waals surface area (Å²) in [5.74, 6) is -0.0356. The maximum absolute atomic E-state index is 12.1. The van der Waals surface area contributed by atoms with Crippen LogP contribution in [0.25, 0.3) is 0 Å². The number of anilines is 1. The summed E-state index contributed by atoms with van der Waals surface area (Å²) in [5, 5.41) is 0.189. The van der Waals surface area contributed by atoms with Crippen molar-refractivity contribution in [2.45, 2.75) is 18.7 Å². The molecule has 0 unspecified atom stereocenters. The fourth-order valence-corrected chi connectivity index (χ4v) is 2.82. The van der Waals surface area contributed by atoms with Gasteiger partial charge in [-0.2, -0.15) is 0 Å². The number of nitrogens with one attached hydrogen (secondary N) is 1. The van der Waals surface area contributed by atoms with Gasteiger partial charge in [0.2, 0.25) is 5.95 Å². The van der Waals surface area contributed by atoms with E-state index in [0.29, 0.717) is 5.69 Å². The highest BCUT2D eigenvalue weighted by atomic mass is 35.5. The van der Waals surface area contributed by atoms with E-state index in [1.807, 2.05) is 13.0 Å². The molecule has 5 nitrogen and oxygen atoms in total. The molecule has 0 aliphatic rings. The molecule has 0 fully saturated rings. The Hall–Kier alpha value is -1.66. The van der Waals surface area contributed by atoms with Crippen molar-refractivity contribution in [1.82, 2.24) is 9.97 Å². The van der Waals surface area contributed by atoms with Gasteiger partial charge in [0.15, 0.2) is 0 Å².